The molecule has 1 saturated heterocycles. The van der Waals surface area contributed by atoms with Crippen molar-refractivity contribution in [1.82, 2.24) is 0 Å². The molecule has 6 aromatic rings. The molecule has 0 amide bonds. The summed E-state index contributed by atoms with van der Waals surface area (Å²) < 4.78 is 18.5. The second-order valence-corrected chi connectivity index (χ2v) is 12.2. The van der Waals surface area contributed by atoms with Crippen molar-refractivity contribution in [2.24, 2.45) is 0 Å². The van der Waals surface area contributed by atoms with Gasteiger partial charge in [-0.15, -0.1) is 11.8 Å². The fourth-order valence-electron chi connectivity index (χ4n) is 6.92. The van der Waals surface area contributed by atoms with Crippen LogP contribution in [0, 0.1) is 0 Å². The van der Waals surface area contributed by atoms with Crippen molar-refractivity contribution in [3.63, 3.8) is 0 Å². The predicted molar refractivity (Wildman–Crippen MR) is 184 cm³/mol. The minimum absolute atomic E-state index is 0.759. The van der Waals surface area contributed by atoms with E-state index >= 15 is 0 Å². The van der Waals surface area contributed by atoms with Crippen LogP contribution in [0.4, 0.5) is 5.69 Å². The largest absolute Gasteiger partial charge is 0.497 e. The van der Waals surface area contributed by atoms with Crippen molar-refractivity contribution in [3.05, 3.63) is 126 Å². The van der Waals surface area contributed by atoms with Crippen LogP contribution in [0.3, 0.4) is 0 Å². The summed E-state index contributed by atoms with van der Waals surface area (Å²) in [6, 6.07) is 36.9. The Labute approximate surface area is 261 Å². The summed E-state index contributed by atoms with van der Waals surface area (Å²) in [5.41, 5.74) is 3.65. The van der Waals surface area contributed by atoms with E-state index in [-0.39, 0.29) is 0 Å². The van der Waals surface area contributed by atoms with Gasteiger partial charge in [0.2, 0.25) is 0 Å². The van der Waals surface area contributed by atoms with Gasteiger partial charge in [-0.3, -0.25) is 0 Å². The van der Waals surface area contributed by atoms with E-state index in [2.05, 4.69) is 114 Å². The highest BCUT2D eigenvalue weighted by atomic mass is 32.2. The molecule has 0 radical (unpaired) electrons. The van der Waals surface area contributed by atoms with Gasteiger partial charge in [0, 0.05) is 40.9 Å². The minimum atomic E-state index is -0.812. The van der Waals surface area contributed by atoms with Crippen LogP contribution in [0.5, 0.6) is 11.5 Å². The standard InChI is InChI=1S/C39H33NO3S/c1-41-29-17-13-27(14-18-29)39(26-11-15-28(16-12-26)40-21-23-42-24-22-40)20-19-34-37-33-10-6-5-8-31(33)30-7-3-4-9-32(30)35(37)25-36(44-2)38(34)43-39/h3-20,25H,21-24H2,1-2H3. The average molecular weight is 596 g/mol. The molecule has 0 saturated carbocycles. The van der Waals surface area contributed by atoms with Crippen molar-refractivity contribution >= 4 is 55.8 Å². The number of nitrogens with zero attached hydrogens (tertiary/aromatic N) is 1. The number of hydrogen-bond donors (Lipinski definition) is 0. The molecule has 44 heavy (non-hydrogen) atoms. The van der Waals surface area contributed by atoms with Crippen LogP contribution in [0.25, 0.3) is 38.4 Å². The van der Waals surface area contributed by atoms with E-state index in [9.17, 15) is 0 Å². The molecule has 1 atom stereocenters. The molecule has 2 aliphatic heterocycles. The smallest absolute Gasteiger partial charge is 0.178 e. The Bertz CT molecular complexity index is 2050. The van der Waals surface area contributed by atoms with Crippen molar-refractivity contribution < 1.29 is 14.2 Å². The van der Waals surface area contributed by atoms with Gasteiger partial charge in [0.25, 0.3) is 0 Å². The summed E-state index contributed by atoms with van der Waals surface area (Å²) in [5, 5.41) is 7.52. The summed E-state index contributed by atoms with van der Waals surface area (Å²) in [6.07, 6.45) is 6.68. The Hall–Kier alpha value is -4.45. The molecular weight excluding hydrogens is 563 g/mol. The Kier molecular flexibility index (Phi) is 6.73. The van der Waals surface area contributed by atoms with Crippen LogP contribution < -0.4 is 14.4 Å². The number of benzene rings is 6. The van der Waals surface area contributed by atoms with Crippen LogP contribution in [-0.4, -0.2) is 39.7 Å². The lowest BCUT2D eigenvalue weighted by Gasteiger charge is -2.38. The first-order valence-electron chi connectivity index (χ1n) is 15.1. The highest BCUT2D eigenvalue weighted by Crippen LogP contribution is 2.51. The molecular formula is C39H33NO3S. The van der Waals surface area contributed by atoms with Gasteiger partial charge >= 0.3 is 0 Å². The maximum atomic E-state index is 7.36. The van der Waals surface area contributed by atoms with Crippen LogP contribution in [0.15, 0.2) is 114 Å². The molecule has 0 aromatic heterocycles. The summed E-state index contributed by atoms with van der Waals surface area (Å²) in [4.78, 5) is 3.51. The van der Waals surface area contributed by atoms with Crippen molar-refractivity contribution in [2.75, 3.05) is 44.6 Å². The molecule has 0 bridgehead atoms. The number of rotatable bonds is 5. The van der Waals surface area contributed by atoms with E-state index in [1.165, 1.54) is 38.0 Å². The van der Waals surface area contributed by atoms with E-state index in [1.807, 2.05) is 12.1 Å². The highest BCUT2D eigenvalue weighted by molar-refractivity contribution is 7.98. The Morgan fingerprint density at radius 3 is 1.95 bits per heavy atom. The molecule has 8 rings (SSSR count). The van der Waals surface area contributed by atoms with Crippen LogP contribution in [-0.2, 0) is 10.3 Å². The first-order valence-corrected chi connectivity index (χ1v) is 16.3. The van der Waals surface area contributed by atoms with Crippen molar-refractivity contribution in [2.45, 2.75) is 10.5 Å². The van der Waals surface area contributed by atoms with E-state index < -0.39 is 5.60 Å². The third kappa shape index (κ3) is 4.26. The normalized spacial score (nSPS) is 18.0. The van der Waals surface area contributed by atoms with E-state index in [0.29, 0.717) is 0 Å². The zero-order chi connectivity index (χ0) is 29.7. The first-order chi connectivity index (χ1) is 21.7. The monoisotopic (exact) mass is 595 g/mol. The number of methoxy groups -OCH3 is 1. The molecule has 1 fully saturated rings. The van der Waals surface area contributed by atoms with Gasteiger partial charge in [-0.25, -0.2) is 0 Å². The molecule has 0 aliphatic carbocycles. The summed E-state index contributed by atoms with van der Waals surface area (Å²) in [5.74, 6) is 1.74. The van der Waals surface area contributed by atoms with Gasteiger partial charge in [-0.1, -0.05) is 72.8 Å². The minimum Gasteiger partial charge on any atom is -0.497 e. The lowest BCUT2D eigenvalue weighted by atomic mass is 9.82. The SMILES string of the molecule is COc1ccc(C2(c3ccc(N4CCOCC4)cc3)C=Cc3c(c(SC)cc4c5ccccc5c5ccccc5c34)O2)cc1. The van der Waals surface area contributed by atoms with Gasteiger partial charge < -0.3 is 19.1 Å². The topological polar surface area (TPSA) is 30.9 Å². The fraction of sp³-hybridized carbons (Fsp3) is 0.179. The Morgan fingerprint density at radius 1 is 0.727 bits per heavy atom. The maximum absolute atomic E-state index is 7.36. The van der Waals surface area contributed by atoms with E-state index in [4.69, 9.17) is 14.2 Å². The zero-order valence-electron chi connectivity index (χ0n) is 24.9. The van der Waals surface area contributed by atoms with Gasteiger partial charge in [-0.05, 0) is 75.7 Å². The highest BCUT2D eigenvalue weighted by Gasteiger charge is 2.39. The van der Waals surface area contributed by atoms with Gasteiger partial charge in [0.15, 0.2) is 5.60 Å². The number of hydrogen-bond acceptors (Lipinski definition) is 5. The number of anilines is 1. The van der Waals surface area contributed by atoms with Gasteiger partial charge in [0.05, 0.1) is 25.2 Å². The predicted octanol–water partition coefficient (Wildman–Crippen LogP) is 9.06. The number of ether oxygens (including phenoxy) is 3. The molecule has 218 valence electrons. The molecule has 6 aromatic carbocycles. The zero-order valence-corrected chi connectivity index (χ0v) is 25.7. The maximum Gasteiger partial charge on any atom is 0.178 e. The fourth-order valence-corrected chi connectivity index (χ4v) is 7.49. The second-order valence-electron chi connectivity index (χ2n) is 11.4. The Balaban J connectivity index is 1.36. The average Bonchev–Trinajstić information content (AvgIpc) is 3.11. The lowest BCUT2D eigenvalue weighted by molar-refractivity contribution is 0.122. The third-order valence-corrected chi connectivity index (χ3v) is 9.89. The molecule has 5 heteroatoms. The lowest BCUT2D eigenvalue weighted by Crippen LogP contribution is -2.37. The van der Waals surface area contributed by atoms with E-state index in [0.717, 1.165) is 59.4 Å². The number of fused-ring (bicyclic) bond motifs is 8. The molecule has 2 aliphatic rings. The number of thioether (sulfide) groups is 1. The first kappa shape index (κ1) is 27.1. The van der Waals surface area contributed by atoms with Gasteiger partial charge in [0.1, 0.15) is 11.5 Å². The summed E-state index contributed by atoms with van der Waals surface area (Å²) in [7, 11) is 1.70. The molecule has 1 unspecified atom stereocenters. The summed E-state index contributed by atoms with van der Waals surface area (Å²) >= 11 is 1.73. The van der Waals surface area contributed by atoms with Crippen molar-refractivity contribution in [3.8, 4) is 11.5 Å². The van der Waals surface area contributed by atoms with Crippen LogP contribution in [0.1, 0.15) is 16.7 Å². The van der Waals surface area contributed by atoms with E-state index in [1.54, 1.807) is 18.9 Å². The molecule has 0 N–H and O–H groups in total. The summed E-state index contributed by atoms with van der Waals surface area (Å²) in [6.45, 7) is 3.32. The number of morpholine rings is 1. The van der Waals surface area contributed by atoms with Gasteiger partial charge in [-0.2, -0.15) is 0 Å². The molecule has 4 nitrogen and oxygen atoms in total. The molecule has 0 spiro atoms. The second kappa shape index (κ2) is 10.9. The third-order valence-electron chi connectivity index (χ3n) is 9.15. The Morgan fingerprint density at radius 2 is 1.32 bits per heavy atom. The van der Waals surface area contributed by atoms with Crippen LogP contribution >= 0.6 is 11.8 Å². The van der Waals surface area contributed by atoms with Crippen molar-refractivity contribution in [1.29, 1.82) is 0 Å². The quantitative estimate of drug-likeness (QED) is 0.147. The molecule has 2 heterocycles. The van der Waals surface area contributed by atoms with Crippen LogP contribution in [0.2, 0.25) is 0 Å².